The predicted molar refractivity (Wildman–Crippen MR) is 61.5 cm³/mol. The second kappa shape index (κ2) is 6.48. The highest BCUT2D eigenvalue weighted by atomic mass is 16.5. The third-order valence-electron chi connectivity index (χ3n) is 1.82. The molecule has 94 valence electrons. The zero-order valence-electron chi connectivity index (χ0n) is 9.47. The first-order valence-electron chi connectivity index (χ1n) is 4.89. The molecule has 0 fully saturated rings. The normalized spacial score (nSPS) is 9.94. The van der Waals surface area contributed by atoms with E-state index in [1.807, 2.05) is 0 Å². The molecule has 0 unspecified atom stereocenters. The summed E-state index contributed by atoms with van der Waals surface area (Å²) in [5.74, 6) is 0.599. The number of nitrogens with zero attached hydrogens (tertiary/aromatic N) is 2. The molecule has 1 heterocycles. The van der Waals surface area contributed by atoms with Crippen molar-refractivity contribution in [3.63, 3.8) is 0 Å². The number of aromatic nitrogens is 2. The Morgan fingerprint density at radius 1 is 1.53 bits per heavy atom. The molecule has 1 aromatic heterocycles. The molecule has 1 rings (SSSR count). The van der Waals surface area contributed by atoms with Gasteiger partial charge in [-0.25, -0.2) is 9.97 Å². The van der Waals surface area contributed by atoms with Gasteiger partial charge in [0.2, 0.25) is 11.7 Å². The molecule has 0 aliphatic rings. The van der Waals surface area contributed by atoms with E-state index in [2.05, 4.69) is 15.3 Å². The Morgan fingerprint density at radius 3 is 2.94 bits per heavy atom. The highest BCUT2D eigenvalue weighted by molar-refractivity contribution is 5.74. The van der Waals surface area contributed by atoms with Crippen molar-refractivity contribution >= 4 is 17.5 Å². The number of carbonyl (C=O) groups is 1. The van der Waals surface area contributed by atoms with E-state index < -0.39 is 5.91 Å². The minimum Gasteiger partial charge on any atom is -0.490 e. The van der Waals surface area contributed by atoms with Crippen molar-refractivity contribution in [3.05, 3.63) is 6.33 Å². The summed E-state index contributed by atoms with van der Waals surface area (Å²) in [5, 5.41) is 2.95. The highest BCUT2D eigenvalue weighted by Gasteiger charge is 2.08. The lowest BCUT2D eigenvalue weighted by molar-refractivity contribution is -0.122. The molecular formula is C9H15N5O3. The molecule has 0 aliphatic carbocycles. The summed E-state index contributed by atoms with van der Waals surface area (Å²) < 4.78 is 10.0. The first-order valence-corrected chi connectivity index (χ1v) is 4.89. The molecule has 0 radical (unpaired) electrons. The summed E-state index contributed by atoms with van der Waals surface area (Å²) in [6.45, 7) is 0.654. The average molecular weight is 241 g/mol. The number of rotatable bonds is 7. The van der Waals surface area contributed by atoms with Crippen molar-refractivity contribution in [2.75, 3.05) is 37.9 Å². The van der Waals surface area contributed by atoms with Gasteiger partial charge in [-0.2, -0.15) is 0 Å². The predicted octanol–water partition coefficient (Wildman–Crippen LogP) is -1.02. The minimum absolute atomic E-state index is 0.106. The molecule has 17 heavy (non-hydrogen) atoms. The molecule has 8 nitrogen and oxygen atoms in total. The number of nitrogen functional groups attached to an aromatic ring is 1. The van der Waals surface area contributed by atoms with Crippen LogP contribution in [-0.4, -0.2) is 42.7 Å². The van der Waals surface area contributed by atoms with Crippen LogP contribution in [0, 0.1) is 0 Å². The molecule has 1 aromatic rings. The summed E-state index contributed by atoms with van der Waals surface area (Å²) in [7, 11) is 1.48. The number of anilines is 2. The van der Waals surface area contributed by atoms with E-state index in [0.29, 0.717) is 24.7 Å². The lowest BCUT2D eigenvalue weighted by Gasteiger charge is -2.10. The van der Waals surface area contributed by atoms with Crippen molar-refractivity contribution < 1.29 is 14.3 Å². The first kappa shape index (κ1) is 13.0. The number of amides is 1. The van der Waals surface area contributed by atoms with Crippen LogP contribution >= 0.6 is 0 Å². The van der Waals surface area contributed by atoms with Gasteiger partial charge in [0.25, 0.3) is 0 Å². The molecule has 0 saturated carbocycles. The number of nitrogens with two attached hydrogens (primary N) is 2. The van der Waals surface area contributed by atoms with Crippen molar-refractivity contribution in [1.82, 2.24) is 9.97 Å². The molecule has 5 N–H and O–H groups in total. The van der Waals surface area contributed by atoms with Crippen LogP contribution in [-0.2, 0) is 9.53 Å². The standard InChI is InChI=1S/C9H15N5O3/c1-16-7-8(11)13-5-14-9(7)12-2-3-17-4-6(10)15/h5H,2-4H2,1H3,(H2,10,15)(H3,11,12,13,14). The van der Waals surface area contributed by atoms with Crippen LogP contribution in [0.15, 0.2) is 6.33 Å². The molecule has 0 spiro atoms. The number of methoxy groups -OCH3 is 1. The van der Waals surface area contributed by atoms with Crippen LogP contribution < -0.4 is 21.5 Å². The third-order valence-corrected chi connectivity index (χ3v) is 1.82. The maximum atomic E-state index is 10.4. The van der Waals surface area contributed by atoms with Gasteiger partial charge in [-0.3, -0.25) is 4.79 Å². The Labute approximate surface area is 98.3 Å². The van der Waals surface area contributed by atoms with Crippen LogP contribution in [0.4, 0.5) is 11.6 Å². The number of nitrogens with one attached hydrogen (secondary N) is 1. The van der Waals surface area contributed by atoms with E-state index in [0.717, 1.165) is 0 Å². The Kier molecular flexibility index (Phi) is 4.95. The number of primary amides is 1. The lowest BCUT2D eigenvalue weighted by Crippen LogP contribution is -2.21. The molecule has 0 aromatic carbocycles. The van der Waals surface area contributed by atoms with Crippen LogP contribution in [0.3, 0.4) is 0 Å². The minimum atomic E-state index is -0.506. The maximum Gasteiger partial charge on any atom is 0.243 e. The molecule has 0 aliphatic heterocycles. The maximum absolute atomic E-state index is 10.4. The molecule has 8 heteroatoms. The van der Waals surface area contributed by atoms with Gasteiger partial charge in [0.15, 0.2) is 11.6 Å². The molecule has 0 bridgehead atoms. The monoisotopic (exact) mass is 241 g/mol. The number of ether oxygens (including phenoxy) is 2. The van der Waals surface area contributed by atoms with Gasteiger partial charge in [-0.1, -0.05) is 0 Å². The van der Waals surface area contributed by atoms with Gasteiger partial charge < -0.3 is 26.3 Å². The van der Waals surface area contributed by atoms with Crippen molar-refractivity contribution in [2.45, 2.75) is 0 Å². The Hall–Kier alpha value is -2.09. The summed E-state index contributed by atoms with van der Waals surface area (Å²) in [6.07, 6.45) is 1.32. The summed E-state index contributed by atoms with van der Waals surface area (Å²) in [6, 6.07) is 0. The molecule has 1 amide bonds. The highest BCUT2D eigenvalue weighted by Crippen LogP contribution is 2.25. The summed E-state index contributed by atoms with van der Waals surface area (Å²) in [4.78, 5) is 18.2. The Bertz CT molecular complexity index is 385. The Morgan fingerprint density at radius 2 is 2.29 bits per heavy atom. The molecular weight excluding hydrogens is 226 g/mol. The van der Waals surface area contributed by atoms with E-state index in [1.165, 1.54) is 13.4 Å². The van der Waals surface area contributed by atoms with Gasteiger partial charge in [0.05, 0.1) is 13.7 Å². The van der Waals surface area contributed by atoms with Crippen molar-refractivity contribution in [2.24, 2.45) is 5.73 Å². The van der Waals surface area contributed by atoms with E-state index in [4.69, 9.17) is 20.9 Å². The van der Waals surface area contributed by atoms with Gasteiger partial charge in [0.1, 0.15) is 12.9 Å². The number of carbonyl (C=O) groups excluding carboxylic acids is 1. The molecule has 0 atom stereocenters. The fourth-order valence-corrected chi connectivity index (χ4v) is 1.13. The SMILES string of the molecule is COc1c(N)ncnc1NCCOCC(N)=O. The second-order valence-corrected chi connectivity index (χ2v) is 3.09. The lowest BCUT2D eigenvalue weighted by atomic mass is 10.4. The van der Waals surface area contributed by atoms with E-state index in [-0.39, 0.29) is 12.4 Å². The molecule has 0 saturated heterocycles. The van der Waals surface area contributed by atoms with E-state index in [9.17, 15) is 4.79 Å². The zero-order valence-corrected chi connectivity index (χ0v) is 9.47. The van der Waals surface area contributed by atoms with Crippen LogP contribution in [0.25, 0.3) is 0 Å². The van der Waals surface area contributed by atoms with Crippen LogP contribution in [0.5, 0.6) is 5.75 Å². The quantitative estimate of drug-likeness (QED) is 0.522. The van der Waals surface area contributed by atoms with Crippen molar-refractivity contribution in [1.29, 1.82) is 0 Å². The largest absolute Gasteiger partial charge is 0.490 e. The summed E-state index contributed by atoms with van der Waals surface area (Å²) >= 11 is 0. The third kappa shape index (κ3) is 4.11. The zero-order chi connectivity index (χ0) is 12.7. The van der Waals surface area contributed by atoms with Gasteiger partial charge >= 0.3 is 0 Å². The van der Waals surface area contributed by atoms with E-state index >= 15 is 0 Å². The van der Waals surface area contributed by atoms with Crippen molar-refractivity contribution in [3.8, 4) is 5.75 Å². The number of hydrogen-bond acceptors (Lipinski definition) is 7. The van der Waals surface area contributed by atoms with Gasteiger partial charge in [0, 0.05) is 6.54 Å². The topological polar surface area (TPSA) is 125 Å². The number of hydrogen-bond donors (Lipinski definition) is 3. The fraction of sp³-hybridized carbons (Fsp3) is 0.444. The van der Waals surface area contributed by atoms with Crippen LogP contribution in [0.2, 0.25) is 0 Å². The van der Waals surface area contributed by atoms with E-state index in [1.54, 1.807) is 0 Å². The first-order chi connectivity index (χ1) is 8.15. The smallest absolute Gasteiger partial charge is 0.243 e. The summed E-state index contributed by atoms with van der Waals surface area (Å²) in [5.41, 5.74) is 10.5. The fourth-order valence-electron chi connectivity index (χ4n) is 1.13. The van der Waals surface area contributed by atoms with Gasteiger partial charge in [-0.05, 0) is 0 Å². The second-order valence-electron chi connectivity index (χ2n) is 3.09. The van der Waals surface area contributed by atoms with Crippen LogP contribution in [0.1, 0.15) is 0 Å². The Balaban J connectivity index is 2.41. The average Bonchev–Trinajstić information content (AvgIpc) is 2.28. The van der Waals surface area contributed by atoms with Gasteiger partial charge in [-0.15, -0.1) is 0 Å².